The summed E-state index contributed by atoms with van der Waals surface area (Å²) >= 11 is 0. The first kappa shape index (κ1) is 8.48. The first-order valence-electron chi connectivity index (χ1n) is 4.69. The normalized spacial score (nSPS) is 24.6. The lowest BCUT2D eigenvalue weighted by Gasteiger charge is -2.12. The van der Waals surface area contributed by atoms with Crippen molar-refractivity contribution in [3.63, 3.8) is 0 Å². The van der Waals surface area contributed by atoms with Crippen LogP contribution in [0, 0.1) is 0 Å². The van der Waals surface area contributed by atoms with Crippen LogP contribution in [0.25, 0.3) is 0 Å². The summed E-state index contributed by atoms with van der Waals surface area (Å²) in [5.41, 5.74) is -0.502. The van der Waals surface area contributed by atoms with E-state index in [9.17, 15) is 4.79 Å². The van der Waals surface area contributed by atoms with Gasteiger partial charge in [-0.15, -0.1) is 6.58 Å². The lowest BCUT2D eigenvalue weighted by Crippen LogP contribution is -2.29. The Morgan fingerprint density at radius 2 is 2.23 bits per heavy atom. The van der Waals surface area contributed by atoms with Crippen molar-refractivity contribution in [3.05, 3.63) is 12.7 Å². The van der Waals surface area contributed by atoms with Gasteiger partial charge < -0.3 is 4.74 Å². The van der Waals surface area contributed by atoms with Crippen LogP contribution in [-0.4, -0.2) is 17.4 Å². The lowest BCUT2D eigenvalue weighted by molar-refractivity contribution is -0.138. The molecule has 1 saturated carbocycles. The van der Waals surface area contributed by atoms with Gasteiger partial charge in [-0.3, -0.25) is 0 Å². The Balaban J connectivity index is 2.19. The van der Waals surface area contributed by atoms with Crippen molar-refractivity contribution in [1.82, 2.24) is 0 Å². The third-order valence-corrected chi connectivity index (χ3v) is 2.68. The molecule has 1 heterocycles. The van der Waals surface area contributed by atoms with Gasteiger partial charge in [-0.05, 0) is 12.8 Å². The highest BCUT2D eigenvalue weighted by Crippen LogP contribution is 2.38. The van der Waals surface area contributed by atoms with Crippen LogP contribution in [0.15, 0.2) is 17.6 Å². The van der Waals surface area contributed by atoms with E-state index in [4.69, 9.17) is 4.74 Å². The van der Waals surface area contributed by atoms with E-state index in [1.807, 2.05) is 0 Å². The van der Waals surface area contributed by atoms with Gasteiger partial charge in [0.1, 0.15) is 0 Å². The van der Waals surface area contributed by atoms with Crippen LogP contribution in [-0.2, 0) is 9.53 Å². The molecule has 3 nitrogen and oxygen atoms in total. The zero-order valence-electron chi connectivity index (χ0n) is 7.58. The molecule has 2 aliphatic rings. The molecule has 70 valence electrons. The van der Waals surface area contributed by atoms with Crippen molar-refractivity contribution in [2.45, 2.75) is 37.6 Å². The van der Waals surface area contributed by atoms with Gasteiger partial charge in [0.25, 0.3) is 0 Å². The minimum Gasteiger partial charge on any atom is -0.410 e. The number of cyclic esters (lactones) is 1. The molecule has 3 heteroatoms. The average Bonchev–Trinajstić information content (AvgIpc) is 2.64. The molecule has 0 bridgehead atoms. The summed E-state index contributed by atoms with van der Waals surface area (Å²) in [6.07, 6.45) is 6.15. The molecule has 1 aliphatic heterocycles. The zero-order valence-corrected chi connectivity index (χ0v) is 7.58. The second-order valence-corrected chi connectivity index (χ2v) is 3.63. The Labute approximate surface area is 77.5 Å². The first-order chi connectivity index (χ1) is 6.27. The number of nitrogens with zero attached hydrogens (tertiary/aromatic N) is 1. The van der Waals surface area contributed by atoms with Crippen molar-refractivity contribution >= 4 is 11.9 Å². The molecule has 0 radical (unpaired) electrons. The molecule has 13 heavy (non-hydrogen) atoms. The molecular formula is C10H13NO2. The molecule has 0 N–H and O–H groups in total. The number of carbonyl (C=O) groups excluding carboxylic acids is 1. The predicted molar refractivity (Wildman–Crippen MR) is 49.5 cm³/mol. The Bertz CT molecular complexity index is 275. The van der Waals surface area contributed by atoms with Crippen LogP contribution in [0.5, 0.6) is 0 Å². The number of esters is 1. The fourth-order valence-electron chi connectivity index (χ4n) is 2.00. The summed E-state index contributed by atoms with van der Waals surface area (Å²) in [6, 6.07) is 0. The number of rotatable bonds is 2. The third kappa shape index (κ3) is 1.28. The van der Waals surface area contributed by atoms with Crippen LogP contribution in [0.1, 0.15) is 32.1 Å². The standard InChI is InChI=1S/C10H13NO2/c1-2-5-8-11-10(9(12)13-8)6-3-4-7-10/h2H,1,3-7H2. The highest BCUT2D eigenvalue weighted by atomic mass is 16.6. The highest BCUT2D eigenvalue weighted by molar-refractivity contribution is 6.00. The minimum atomic E-state index is -0.502. The largest absolute Gasteiger partial charge is 0.410 e. The van der Waals surface area contributed by atoms with E-state index in [0.29, 0.717) is 12.3 Å². The number of hydrogen-bond donors (Lipinski definition) is 0. The molecule has 1 spiro atoms. The maximum atomic E-state index is 11.5. The van der Waals surface area contributed by atoms with Gasteiger partial charge in [-0.1, -0.05) is 18.9 Å². The van der Waals surface area contributed by atoms with Gasteiger partial charge in [0, 0.05) is 6.42 Å². The van der Waals surface area contributed by atoms with Gasteiger partial charge in [-0.25, -0.2) is 9.79 Å². The van der Waals surface area contributed by atoms with Crippen molar-refractivity contribution < 1.29 is 9.53 Å². The van der Waals surface area contributed by atoms with E-state index in [0.717, 1.165) is 25.7 Å². The van der Waals surface area contributed by atoms with Crippen LogP contribution >= 0.6 is 0 Å². The average molecular weight is 179 g/mol. The van der Waals surface area contributed by atoms with Crippen molar-refractivity contribution in [3.8, 4) is 0 Å². The van der Waals surface area contributed by atoms with E-state index >= 15 is 0 Å². The summed E-state index contributed by atoms with van der Waals surface area (Å²) in [5, 5.41) is 0. The van der Waals surface area contributed by atoms with E-state index in [-0.39, 0.29) is 5.97 Å². The second-order valence-electron chi connectivity index (χ2n) is 3.63. The summed E-state index contributed by atoms with van der Waals surface area (Å²) in [5.74, 6) is 0.392. The molecule has 0 unspecified atom stereocenters. The molecule has 0 atom stereocenters. The van der Waals surface area contributed by atoms with Gasteiger partial charge in [0.2, 0.25) is 0 Å². The summed E-state index contributed by atoms with van der Waals surface area (Å²) < 4.78 is 5.08. The van der Waals surface area contributed by atoms with E-state index in [1.54, 1.807) is 6.08 Å². The van der Waals surface area contributed by atoms with E-state index in [2.05, 4.69) is 11.6 Å². The molecule has 1 aliphatic carbocycles. The molecule has 2 rings (SSSR count). The third-order valence-electron chi connectivity index (χ3n) is 2.68. The van der Waals surface area contributed by atoms with Crippen molar-refractivity contribution in [2.75, 3.05) is 0 Å². The lowest BCUT2D eigenvalue weighted by atomic mass is 10.00. The number of ether oxygens (including phenoxy) is 1. The van der Waals surface area contributed by atoms with Crippen molar-refractivity contribution in [1.29, 1.82) is 0 Å². The fraction of sp³-hybridized carbons (Fsp3) is 0.600. The van der Waals surface area contributed by atoms with Gasteiger partial charge in [0.05, 0.1) is 0 Å². The topological polar surface area (TPSA) is 38.7 Å². The summed E-state index contributed by atoms with van der Waals surface area (Å²) in [4.78, 5) is 15.9. The molecular weight excluding hydrogens is 166 g/mol. The number of carbonyl (C=O) groups is 1. The zero-order chi connectivity index (χ0) is 9.31. The Morgan fingerprint density at radius 3 is 2.85 bits per heavy atom. The molecule has 0 amide bonds. The maximum absolute atomic E-state index is 11.5. The predicted octanol–water partition coefficient (Wildman–Crippen LogP) is 1.83. The highest BCUT2D eigenvalue weighted by Gasteiger charge is 2.47. The molecule has 1 fully saturated rings. The van der Waals surface area contributed by atoms with Gasteiger partial charge in [0.15, 0.2) is 11.4 Å². The Kier molecular flexibility index (Phi) is 1.94. The van der Waals surface area contributed by atoms with Crippen LogP contribution in [0.3, 0.4) is 0 Å². The number of hydrogen-bond acceptors (Lipinski definition) is 3. The molecule has 0 aromatic rings. The monoisotopic (exact) mass is 179 g/mol. The Hall–Kier alpha value is -1.12. The van der Waals surface area contributed by atoms with E-state index < -0.39 is 5.54 Å². The molecule has 0 saturated heterocycles. The van der Waals surface area contributed by atoms with Crippen LogP contribution in [0.4, 0.5) is 0 Å². The smallest absolute Gasteiger partial charge is 0.340 e. The molecule has 0 aromatic carbocycles. The van der Waals surface area contributed by atoms with Crippen molar-refractivity contribution in [2.24, 2.45) is 4.99 Å². The second kappa shape index (κ2) is 2.98. The quantitative estimate of drug-likeness (QED) is 0.479. The first-order valence-corrected chi connectivity index (χ1v) is 4.69. The van der Waals surface area contributed by atoms with Gasteiger partial charge >= 0.3 is 5.97 Å². The number of aliphatic imine (C=N–C) groups is 1. The summed E-state index contributed by atoms with van der Waals surface area (Å²) in [7, 11) is 0. The van der Waals surface area contributed by atoms with Gasteiger partial charge in [-0.2, -0.15) is 0 Å². The summed E-state index contributed by atoms with van der Waals surface area (Å²) in [6.45, 7) is 3.59. The fourth-order valence-corrected chi connectivity index (χ4v) is 2.00. The van der Waals surface area contributed by atoms with Crippen LogP contribution < -0.4 is 0 Å². The molecule has 0 aromatic heterocycles. The minimum absolute atomic E-state index is 0.151. The van der Waals surface area contributed by atoms with E-state index in [1.165, 1.54) is 0 Å². The maximum Gasteiger partial charge on any atom is 0.340 e. The van der Waals surface area contributed by atoms with Crippen LogP contribution in [0.2, 0.25) is 0 Å². The SMILES string of the molecule is C=CCC1=NC2(CCCC2)C(=O)O1. The Morgan fingerprint density at radius 1 is 1.54 bits per heavy atom.